The zero-order valence-electron chi connectivity index (χ0n) is 20.6. The lowest BCUT2D eigenvalue weighted by Crippen LogP contribution is -2.28. The van der Waals surface area contributed by atoms with Crippen LogP contribution in [0, 0.1) is 26.6 Å². The van der Waals surface area contributed by atoms with E-state index in [4.69, 9.17) is 9.26 Å². The Kier molecular flexibility index (Phi) is 6.07. The number of fused-ring (bicyclic) bond motifs is 1. The van der Waals surface area contributed by atoms with Gasteiger partial charge in [0.1, 0.15) is 19.5 Å². The van der Waals surface area contributed by atoms with E-state index >= 15 is 4.39 Å². The fraction of sp³-hybridized carbons (Fsp3) is 0.240. The number of H-pyrrole nitrogens is 1. The standard InChI is InChI=1S/C25H24FN7O4/c1-13-5-17(16-7-14(2)24(18(26)9-16)36-11-20-27-12-28-30-20)23-19(6-13)33(25(35)32(23)4)10-21(34)29-22-8-15(3)31-37-22/h5-9,12H,10-11H2,1-4H3,(H,29,34)(H,27,28,30). The Morgan fingerprint density at radius 3 is 2.68 bits per heavy atom. The monoisotopic (exact) mass is 505 g/mol. The summed E-state index contributed by atoms with van der Waals surface area (Å²) in [7, 11) is 1.62. The van der Waals surface area contributed by atoms with Crippen molar-refractivity contribution in [1.29, 1.82) is 0 Å². The van der Waals surface area contributed by atoms with E-state index in [-0.39, 0.29) is 30.5 Å². The summed E-state index contributed by atoms with van der Waals surface area (Å²) in [6.45, 7) is 5.16. The Balaban J connectivity index is 1.52. The number of aromatic amines is 1. The van der Waals surface area contributed by atoms with E-state index < -0.39 is 11.7 Å². The molecule has 11 nitrogen and oxygen atoms in total. The number of hydrogen-bond donors (Lipinski definition) is 2. The zero-order valence-corrected chi connectivity index (χ0v) is 20.6. The number of aromatic nitrogens is 6. The predicted molar refractivity (Wildman–Crippen MR) is 133 cm³/mol. The maximum Gasteiger partial charge on any atom is 0.329 e. The first-order chi connectivity index (χ1) is 17.7. The minimum absolute atomic E-state index is 0.0405. The first kappa shape index (κ1) is 24.0. The fourth-order valence-corrected chi connectivity index (χ4v) is 4.32. The van der Waals surface area contributed by atoms with Crippen LogP contribution in [0.3, 0.4) is 0 Å². The van der Waals surface area contributed by atoms with Gasteiger partial charge in [0.05, 0.1) is 16.7 Å². The topological polar surface area (TPSA) is 133 Å². The van der Waals surface area contributed by atoms with Gasteiger partial charge in [0, 0.05) is 18.7 Å². The number of rotatable bonds is 7. The van der Waals surface area contributed by atoms with E-state index in [2.05, 4.69) is 25.7 Å². The Hall–Kier alpha value is -4.74. The van der Waals surface area contributed by atoms with Gasteiger partial charge in [0.15, 0.2) is 17.4 Å². The minimum atomic E-state index is -0.546. The number of nitrogens with one attached hydrogen (secondary N) is 2. The van der Waals surface area contributed by atoms with Crippen LogP contribution in [0.5, 0.6) is 5.75 Å². The number of hydrogen-bond acceptors (Lipinski definition) is 7. The number of aryl methyl sites for hydroxylation is 4. The SMILES string of the molecule is Cc1cc(-c2cc(C)c(OCc3ncn[nH]3)c(F)c2)c2c(c1)n(CC(=O)Nc1cc(C)no1)c(=O)n2C. The fourth-order valence-electron chi connectivity index (χ4n) is 4.32. The second-order valence-electron chi connectivity index (χ2n) is 8.81. The zero-order chi connectivity index (χ0) is 26.3. The molecule has 37 heavy (non-hydrogen) atoms. The number of carbonyl (C=O) groups excluding carboxylic acids is 1. The molecule has 12 heteroatoms. The van der Waals surface area contributed by atoms with E-state index in [1.807, 2.05) is 19.1 Å². The molecule has 3 aromatic heterocycles. The van der Waals surface area contributed by atoms with Gasteiger partial charge in [-0.15, -0.1) is 0 Å². The lowest BCUT2D eigenvalue weighted by atomic mass is 9.99. The Morgan fingerprint density at radius 2 is 2.00 bits per heavy atom. The van der Waals surface area contributed by atoms with E-state index in [0.29, 0.717) is 39.2 Å². The van der Waals surface area contributed by atoms with Gasteiger partial charge in [-0.25, -0.2) is 14.2 Å². The van der Waals surface area contributed by atoms with Crippen molar-refractivity contribution in [3.63, 3.8) is 0 Å². The summed E-state index contributed by atoms with van der Waals surface area (Å²) in [5.74, 6) is -0.208. The lowest BCUT2D eigenvalue weighted by Gasteiger charge is -2.13. The van der Waals surface area contributed by atoms with Gasteiger partial charge in [-0.05, 0) is 61.7 Å². The largest absolute Gasteiger partial charge is 0.482 e. The van der Waals surface area contributed by atoms with Crippen LogP contribution in [-0.4, -0.2) is 35.4 Å². The van der Waals surface area contributed by atoms with E-state index in [0.717, 1.165) is 5.56 Å². The molecule has 1 amide bonds. The quantitative estimate of drug-likeness (QED) is 0.346. The molecular formula is C25H24FN7O4. The molecule has 2 aromatic carbocycles. The van der Waals surface area contributed by atoms with Gasteiger partial charge in [0.2, 0.25) is 11.8 Å². The number of benzene rings is 2. The first-order valence-electron chi connectivity index (χ1n) is 11.4. The Labute approximate surface area is 209 Å². The lowest BCUT2D eigenvalue weighted by molar-refractivity contribution is -0.116. The molecule has 0 aliphatic rings. The highest BCUT2D eigenvalue weighted by Crippen LogP contribution is 2.34. The third-order valence-electron chi connectivity index (χ3n) is 5.93. The molecule has 3 heterocycles. The van der Waals surface area contributed by atoms with Crippen LogP contribution in [0.25, 0.3) is 22.2 Å². The summed E-state index contributed by atoms with van der Waals surface area (Å²) >= 11 is 0. The minimum Gasteiger partial charge on any atom is -0.482 e. The van der Waals surface area contributed by atoms with Crippen molar-refractivity contribution in [2.24, 2.45) is 7.05 Å². The molecule has 0 bridgehead atoms. The molecule has 0 saturated carbocycles. The number of ether oxygens (including phenoxy) is 1. The molecule has 0 radical (unpaired) electrons. The average Bonchev–Trinajstić information content (AvgIpc) is 3.56. The number of amides is 1. The molecule has 0 aliphatic carbocycles. The molecular weight excluding hydrogens is 481 g/mol. The summed E-state index contributed by atoms with van der Waals surface area (Å²) in [5, 5.41) is 12.8. The maximum atomic E-state index is 15.2. The Bertz CT molecular complexity index is 1660. The Morgan fingerprint density at radius 1 is 1.19 bits per heavy atom. The molecule has 0 atom stereocenters. The van der Waals surface area contributed by atoms with Crippen molar-refractivity contribution < 1.29 is 18.4 Å². The summed E-state index contributed by atoms with van der Waals surface area (Å²) in [6.07, 6.45) is 1.35. The van der Waals surface area contributed by atoms with Crippen LogP contribution >= 0.6 is 0 Å². The molecule has 5 rings (SSSR count). The van der Waals surface area contributed by atoms with Gasteiger partial charge >= 0.3 is 5.69 Å². The number of nitrogens with zero attached hydrogens (tertiary/aromatic N) is 5. The van der Waals surface area contributed by atoms with Crippen molar-refractivity contribution in [1.82, 2.24) is 29.5 Å². The van der Waals surface area contributed by atoms with E-state index in [1.54, 1.807) is 33.0 Å². The van der Waals surface area contributed by atoms with Gasteiger partial charge in [-0.3, -0.25) is 24.3 Å². The highest BCUT2D eigenvalue weighted by Gasteiger charge is 2.20. The van der Waals surface area contributed by atoms with Crippen LogP contribution in [0.15, 0.2) is 46.0 Å². The van der Waals surface area contributed by atoms with Crippen LogP contribution in [0.1, 0.15) is 22.6 Å². The van der Waals surface area contributed by atoms with Crippen LogP contribution in [0.4, 0.5) is 10.3 Å². The second kappa shape index (κ2) is 9.37. The molecule has 0 saturated heterocycles. The second-order valence-corrected chi connectivity index (χ2v) is 8.81. The van der Waals surface area contributed by atoms with Gasteiger partial charge in [-0.1, -0.05) is 5.16 Å². The molecule has 190 valence electrons. The third kappa shape index (κ3) is 4.60. The van der Waals surface area contributed by atoms with Crippen molar-refractivity contribution in [2.45, 2.75) is 33.9 Å². The van der Waals surface area contributed by atoms with Crippen molar-refractivity contribution in [3.8, 4) is 16.9 Å². The van der Waals surface area contributed by atoms with Crippen molar-refractivity contribution >= 4 is 22.8 Å². The van der Waals surface area contributed by atoms with Crippen molar-refractivity contribution in [2.75, 3.05) is 5.32 Å². The summed E-state index contributed by atoms with van der Waals surface area (Å²) < 4.78 is 28.7. The van der Waals surface area contributed by atoms with Crippen LogP contribution in [-0.2, 0) is 25.0 Å². The highest BCUT2D eigenvalue weighted by molar-refractivity contribution is 5.95. The molecule has 0 spiro atoms. The van der Waals surface area contributed by atoms with E-state index in [1.165, 1.54) is 21.5 Å². The summed E-state index contributed by atoms with van der Waals surface area (Å²) in [6, 6.07) is 8.46. The summed E-state index contributed by atoms with van der Waals surface area (Å²) in [4.78, 5) is 29.8. The molecule has 0 unspecified atom stereocenters. The van der Waals surface area contributed by atoms with Gasteiger partial charge in [-0.2, -0.15) is 5.10 Å². The first-order valence-corrected chi connectivity index (χ1v) is 11.4. The third-order valence-corrected chi connectivity index (χ3v) is 5.93. The molecule has 5 aromatic rings. The average molecular weight is 506 g/mol. The number of anilines is 1. The van der Waals surface area contributed by atoms with Crippen LogP contribution < -0.4 is 15.7 Å². The summed E-state index contributed by atoms with van der Waals surface area (Å²) in [5.41, 5.74) is 4.02. The molecule has 2 N–H and O–H groups in total. The molecule has 0 fully saturated rings. The normalized spacial score (nSPS) is 11.3. The van der Waals surface area contributed by atoms with E-state index in [9.17, 15) is 9.59 Å². The highest BCUT2D eigenvalue weighted by atomic mass is 19.1. The van der Waals surface area contributed by atoms with Gasteiger partial charge in [0.25, 0.3) is 0 Å². The van der Waals surface area contributed by atoms with Gasteiger partial charge < -0.3 is 9.26 Å². The molecule has 0 aliphatic heterocycles. The predicted octanol–water partition coefficient (Wildman–Crippen LogP) is 3.40. The smallest absolute Gasteiger partial charge is 0.329 e. The number of halogens is 1. The van der Waals surface area contributed by atoms with Crippen molar-refractivity contribution in [3.05, 3.63) is 75.6 Å². The number of imidazole rings is 1. The maximum absolute atomic E-state index is 15.2. The number of carbonyl (C=O) groups is 1. The van der Waals surface area contributed by atoms with Crippen LogP contribution in [0.2, 0.25) is 0 Å².